The van der Waals surface area contributed by atoms with Gasteiger partial charge in [0.25, 0.3) is 0 Å². The molecule has 0 saturated carbocycles. The van der Waals surface area contributed by atoms with E-state index in [1.807, 2.05) is 45.0 Å². The van der Waals surface area contributed by atoms with Gasteiger partial charge in [-0.2, -0.15) is 5.26 Å². The smallest absolute Gasteiger partial charge is 0.0683 e. The largest absolute Gasteiger partial charge is 0.254 e. The molecule has 3 heteroatoms. The second kappa shape index (κ2) is 5.97. The second-order valence-electron chi connectivity index (χ2n) is 4.96. The maximum absolute atomic E-state index is 12.0. The van der Waals surface area contributed by atoms with Crippen LogP contribution in [0.25, 0.3) is 0 Å². The van der Waals surface area contributed by atoms with Gasteiger partial charge in [0.2, 0.25) is 0 Å². The van der Waals surface area contributed by atoms with Gasteiger partial charge in [-0.1, -0.05) is 17.7 Å². The lowest BCUT2D eigenvalue weighted by molar-refractivity contribution is 0.447. The Morgan fingerprint density at radius 2 is 1.88 bits per heavy atom. The first-order valence-corrected chi connectivity index (χ1v) is 7.13. The van der Waals surface area contributed by atoms with Crippen molar-refractivity contribution in [3.63, 3.8) is 0 Å². The molecule has 0 aliphatic heterocycles. The molecule has 0 aromatic heterocycles. The van der Waals surface area contributed by atoms with Crippen LogP contribution in [0, 0.1) is 23.7 Å². The fourth-order valence-electron chi connectivity index (χ4n) is 1.51. The Morgan fingerprint density at radius 3 is 2.41 bits per heavy atom. The number of rotatable bonds is 5. The van der Waals surface area contributed by atoms with Crippen LogP contribution in [0.3, 0.4) is 0 Å². The Balaban J connectivity index is 2.46. The molecule has 0 radical (unpaired) electrons. The molecule has 2 nitrogen and oxygen atoms in total. The number of nitriles is 1. The minimum absolute atomic E-state index is 0.308. The van der Waals surface area contributed by atoms with Crippen LogP contribution in [0.5, 0.6) is 0 Å². The zero-order valence-electron chi connectivity index (χ0n) is 10.7. The fourth-order valence-corrected chi connectivity index (χ4v) is 2.59. The molecule has 0 heterocycles. The number of hydrogen-bond acceptors (Lipinski definition) is 2. The molecule has 92 valence electrons. The van der Waals surface area contributed by atoms with Crippen molar-refractivity contribution in [1.29, 1.82) is 5.26 Å². The number of aryl methyl sites for hydroxylation is 1. The summed E-state index contributed by atoms with van der Waals surface area (Å²) in [5, 5.41) is 8.88. The van der Waals surface area contributed by atoms with Crippen LogP contribution >= 0.6 is 0 Å². The zero-order chi connectivity index (χ0) is 12.9. The van der Waals surface area contributed by atoms with Gasteiger partial charge < -0.3 is 0 Å². The monoisotopic (exact) mass is 249 g/mol. The number of nitrogens with zero attached hydrogens (tertiary/aromatic N) is 1. The van der Waals surface area contributed by atoms with Crippen molar-refractivity contribution < 1.29 is 4.21 Å². The lowest BCUT2D eigenvalue weighted by atomic mass is 9.90. The first kappa shape index (κ1) is 13.9. The third-order valence-corrected chi connectivity index (χ3v) is 4.18. The molecular formula is C14H19NOS. The van der Waals surface area contributed by atoms with E-state index in [0.29, 0.717) is 5.75 Å². The first-order valence-electron chi connectivity index (χ1n) is 5.81. The Labute approximate surface area is 106 Å². The molecule has 0 aliphatic rings. The highest BCUT2D eigenvalue weighted by Crippen LogP contribution is 2.21. The molecule has 1 aromatic carbocycles. The lowest BCUT2D eigenvalue weighted by Crippen LogP contribution is -2.09. The third kappa shape index (κ3) is 4.70. The summed E-state index contributed by atoms with van der Waals surface area (Å²) in [5.41, 5.74) is 0.869. The van der Waals surface area contributed by atoms with E-state index in [1.165, 1.54) is 5.56 Å². The summed E-state index contributed by atoms with van der Waals surface area (Å²) in [6, 6.07) is 10.1. The van der Waals surface area contributed by atoms with Gasteiger partial charge in [-0.05, 0) is 45.7 Å². The van der Waals surface area contributed by atoms with Crippen molar-refractivity contribution in [2.24, 2.45) is 5.41 Å². The molecule has 1 rings (SSSR count). The van der Waals surface area contributed by atoms with Gasteiger partial charge in [0.15, 0.2) is 0 Å². The maximum atomic E-state index is 12.0. The number of benzene rings is 1. The van der Waals surface area contributed by atoms with Crippen LogP contribution in [0.15, 0.2) is 29.2 Å². The van der Waals surface area contributed by atoms with E-state index in [-0.39, 0.29) is 5.41 Å². The quantitative estimate of drug-likeness (QED) is 0.802. The van der Waals surface area contributed by atoms with Gasteiger partial charge in [-0.25, -0.2) is 0 Å². The normalized spacial score (nSPS) is 13.1. The molecule has 1 unspecified atom stereocenters. The van der Waals surface area contributed by atoms with Crippen LogP contribution in [-0.4, -0.2) is 9.96 Å². The van der Waals surface area contributed by atoms with Crippen LogP contribution < -0.4 is 0 Å². The maximum Gasteiger partial charge on any atom is 0.0683 e. The fraction of sp³-hybridized carbons (Fsp3) is 0.500. The Bertz CT molecular complexity index is 429. The Hall–Kier alpha value is -1.14. The summed E-state index contributed by atoms with van der Waals surface area (Å²) in [6.45, 7) is 5.85. The highest BCUT2D eigenvalue weighted by Gasteiger charge is 2.16. The summed E-state index contributed by atoms with van der Waals surface area (Å²) < 4.78 is 12.0. The molecule has 1 atom stereocenters. The Kier molecular flexibility index (Phi) is 4.89. The molecule has 0 fully saturated rings. The minimum Gasteiger partial charge on any atom is -0.254 e. The van der Waals surface area contributed by atoms with Gasteiger partial charge in [-0.15, -0.1) is 0 Å². The SMILES string of the molecule is Cc1ccc(S(=O)CCCC(C)(C)C#N)cc1. The van der Waals surface area contributed by atoms with Crippen molar-refractivity contribution in [3.8, 4) is 6.07 Å². The second-order valence-corrected chi connectivity index (χ2v) is 6.53. The van der Waals surface area contributed by atoms with E-state index < -0.39 is 10.8 Å². The molecule has 17 heavy (non-hydrogen) atoms. The van der Waals surface area contributed by atoms with Crippen molar-refractivity contribution in [2.45, 2.75) is 38.5 Å². The topological polar surface area (TPSA) is 40.9 Å². The molecule has 0 bridgehead atoms. The van der Waals surface area contributed by atoms with E-state index in [9.17, 15) is 4.21 Å². The minimum atomic E-state index is -0.938. The van der Waals surface area contributed by atoms with E-state index in [2.05, 4.69) is 6.07 Å². The van der Waals surface area contributed by atoms with Crippen molar-refractivity contribution in [3.05, 3.63) is 29.8 Å². The first-order chi connectivity index (χ1) is 7.94. The van der Waals surface area contributed by atoms with Crippen molar-refractivity contribution >= 4 is 10.8 Å². The summed E-state index contributed by atoms with van der Waals surface area (Å²) in [6.07, 6.45) is 1.61. The van der Waals surface area contributed by atoms with E-state index in [4.69, 9.17) is 5.26 Å². The van der Waals surface area contributed by atoms with Gasteiger partial charge in [-0.3, -0.25) is 4.21 Å². The predicted molar refractivity (Wildman–Crippen MR) is 71.1 cm³/mol. The van der Waals surface area contributed by atoms with Gasteiger partial charge in [0, 0.05) is 10.6 Å². The molecule has 0 N–H and O–H groups in total. The average Bonchev–Trinajstić information content (AvgIpc) is 2.29. The van der Waals surface area contributed by atoms with E-state index >= 15 is 0 Å². The van der Waals surface area contributed by atoms with Crippen LogP contribution in [0.4, 0.5) is 0 Å². The van der Waals surface area contributed by atoms with Gasteiger partial charge in [0.05, 0.1) is 22.3 Å². The summed E-state index contributed by atoms with van der Waals surface area (Å²) in [7, 11) is -0.938. The highest BCUT2D eigenvalue weighted by atomic mass is 32.2. The van der Waals surface area contributed by atoms with Crippen molar-refractivity contribution in [2.75, 3.05) is 5.75 Å². The standard InChI is InChI=1S/C14H19NOS/c1-12-5-7-13(8-6-12)17(16)10-4-9-14(2,3)11-15/h5-8H,4,9-10H2,1-3H3. The molecule has 0 amide bonds. The summed E-state index contributed by atoms with van der Waals surface area (Å²) in [4.78, 5) is 0.880. The molecule has 0 saturated heterocycles. The molecular weight excluding hydrogens is 230 g/mol. The van der Waals surface area contributed by atoms with Crippen LogP contribution in [0.2, 0.25) is 0 Å². The molecule has 0 spiro atoms. The van der Waals surface area contributed by atoms with E-state index in [0.717, 1.165) is 17.7 Å². The predicted octanol–water partition coefficient (Wildman–Crippen LogP) is 3.43. The summed E-state index contributed by atoms with van der Waals surface area (Å²) in [5.74, 6) is 0.633. The zero-order valence-corrected chi connectivity index (χ0v) is 11.5. The molecule has 1 aromatic rings. The van der Waals surface area contributed by atoms with Crippen LogP contribution in [-0.2, 0) is 10.8 Å². The van der Waals surface area contributed by atoms with Gasteiger partial charge in [0.1, 0.15) is 0 Å². The Morgan fingerprint density at radius 1 is 1.29 bits per heavy atom. The van der Waals surface area contributed by atoms with Crippen molar-refractivity contribution in [1.82, 2.24) is 0 Å². The van der Waals surface area contributed by atoms with Crippen LogP contribution in [0.1, 0.15) is 32.3 Å². The number of hydrogen-bond donors (Lipinski definition) is 0. The lowest BCUT2D eigenvalue weighted by Gasteiger charge is -2.14. The summed E-state index contributed by atoms with van der Waals surface area (Å²) >= 11 is 0. The third-order valence-electron chi connectivity index (χ3n) is 2.72. The van der Waals surface area contributed by atoms with Gasteiger partial charge >= 0.3 is 0 Å². The molecule has 0 aliphatic carbocycles. The van der Waals surface area contributed by atoms with E-state index in [1.54, 1.807) is 0 Å². The average molecular weight is 249 g/mol. The highest BCUT2D eigenvalue weighted by molar-refractivity contribution is 7.85.